The van der Waals surface area contributed by atoms with Gasteiger partial charge in [0.15, 0.2) is 0 Å². The molecule has 2 unspecified atom stereocenters. The zero-order valence-electron chi connectivity index (χ0n) is 10.5. The molecule has 0 aliphatic rings. The summed E-state index contributed by atoms with van der Waals surface area (Å²) in [5.41, 5.74) is 5.24. The van der Waals surface area contributed by atoms with Crippen LogP contribution in [0.1, 0.15) is 40.5 Å². The predicted molar refractivity (Wildman–Crippen MR) is 61.6 cm³/mol. The molecule has 0 heterocycles. The lowest BCUT2D eigenvalue weighted by Gasteiger charge is -2.23. The van der Waals surface area contributed by atoms with Crippen molar-refractivity contribution in [3.8, 4) is 0 Å². The van der Waals surface area contributed by atoms with Crippen molar-refractivity contribution in [3.63, 3.8) is 0 Å². The smallest absolute Gasteiger partial charge is 0.223 e. The number of nitrogens with two attached hydrogens (primary N) is 1. The standard InChI is InChI=1S/C11H24N2O2/c1-8(12)6-9(2)13-10(14)7-11(3,4)15-5/h8-9H,6-7,12H2,1-5H3,(H,13,14). The molecule has 0 aromatic heterocycles. The fourth-order valence-corrected chi connectivity index (χ4v) is 1.40. The maximum atomic E-state index is 11.6. The topological polar surface area (TPSA) is 64.3 Å². The van der Waals surface area contributed by atoms with Crippen LogP contribution >= 0.6 is 0 Å². The van der Waals surface area contributed by atoms with Gasteiger partial charge in [-0.1, -0.05) is 0 Å². The number of carbonyl (C=O) groups excluding carboxylic acids is 1. The number of methoxy groups -OCH3 is 1. The molecular formula is C11H24N2O2. The first-order valence-corrected chi connectivity index (χ1v) is 5.37. The van der Waals surface area contributed by atoms with Gasteiger partial charge in [0.25, 0.3) is 0 Å². The SMILES string of the molecule is COC(C)(C)CC(=O)NC(C)CC(C)N. The number of nitrogens with one attached hydrogen (secondary N) is 1. The maximum Gasteiger partial charge on any atom is 0.223 e. The van der Waals surface area contributed by atoms with E-state index in [1.165, 1.54) is 0 Å². The van der Waals surface area contributed by atoms with Gasteiger partial charge in [-0.05, 0) is 34.1 Å². The van der Waals surface area contributed by atoms with Crippen LogP contribution in [-0.2, 0) is 9.53 Å². The minimum Gasteiger partial charge on any atom is -0.378 e. The van der Waals surface area contributed by atoms with Crippen molar-refractivity contribution >= 4 is 5.91 Å². The third-order valence-corrected chi connectivity index (χ3v) is 2.27. The summed E-state index contributed by atoms with van der Waals surface area (Å²) >= 11 is 0. The Bertz CT molecular complexity index is 203. The quantitative estimate of drug-likeness (QED) is 0.697. The zero-order chi connectivity index (χ0) is 12.1. The normalized spacial score (nSPS) is 15.9. The van der Waals surface area contributed by atoms with Crippen molar-refractivity contribution in [1.82, 2.24) is 5.32 Å². The number of carbonyl (C=O) groups is 1. The van der Waals surface area contributed by atoms with Crippen LogP contribution in [0.4, 0.5) is 0 Å². The Morgan fingerprint density at radius 3 is 2.40 bits per heavy atom. The highest BCUT2D eigenvalue weighted by Crippen LogP contribution is 2.12. The fraction of sp³-hybridized carbons (Fsp3) is 0.909. The first-order chi connectivity index (χ1) is 6.76. The number of amides is 1. The largest absolute Gasteiger partial charge is 0.378 e. The number of hydrogen-bond acceptors (Lipinski definition) is 3. The molecule has 0 radical (unpaired) electrons. The van der Waals surface area contributed by atoms with Crippen molar-refractivity contribution in [2.75, 3.05) is 7.11 Å². The van der Waals surface area contributed by atoms with Crippen LogP contribution in [-0.4, -0.2) is 30.7 Å². The monoisotopic (exact) mass is 216 g/mol. The Labute approximate surface area is 92.6 Å². The third-order valence-electron chi connectivity index (χ3n) is 2.27. The Kier molecular flexibility index (Phi) is 5.83. The van der Waals surface area contributed by atoms with Crippen molar-refractivity contribution in [2.24, 2.45) is 5.73 Å². The van der Waals surface area contributed by atoms with Crippen molar-refractivity contribution in [3.05, 3.63) is 0 Å². The molecule has 0 fully saturated rings. The highest BCUT2D eigenvalue weighted by molar-refractivity contribution is 5.77. The van der Waals surface area contributed by atoms with Crippen molar-refractivity contribution in [2.45, 2.75) is 58.2 Å². The molecule has 0 aromatic carbocycles. The van der Waals surface area contributed by atoms with E-state index in [0.29, 0.717) is 6.42 Å². The molecule has 0 aliphatic carbocycles. The molecule has 1 amide bonds. The van der Waals surface area contributed by atoms with Gasteiger partial charge in [0.2, 0.25) is 5.91 Å². The Balaban J connectivity index is 3.93. The van der Waals surface area contributed by atoms with E-state index in [1.54, 1.807) is 7.11 Å². The molecule has 3 N–H and O–H groups in total. The van der Waals surface area contributed by atoms with Crippen LogP contribution in [0.5, 0.6) is 0 Å². The summed E-state index contributed by atoms with van der Waals surface area (Å²) in [7, 11) is 1.61. The molecule has 2 atom stereocenters. The van der Waals surface area contributed by atoms with Gasteiger partial charge in [-0.25, -0.2) is 0 Å². The predicted octanol–water partition coefficient (Wildman–Crippen LogP) is 1.04. The van der Waals surface area contributed by atoms with E-state index in [4.69, 9.17) is 10.5 Å². The molecule has 0 rings (SSSR count). The number of rotatable bonds is 6. The molecule has 4 heteroatoms. The second-order valence-corrected chi connectivity index (χ2v) is 4.82. The molecule has 0 aliphatic heterocycles. The third kappa shape index (κ3) is 7.33. The second kappa shape index (κ2) is 6.08. The summed E-state index contributed by atoms with van der Waals surface area (Å²) in [6.45, 7) is 7.68. The second-order valence-electron chi connectivity index (χ2n) is 4.82. The van der Waals surface area contributed by atoms with Gasteiger partial charge in [0.1, 0.15) is 0 Å². The lowest BCUT2D eigenvalue weighted by Crippen LogP contribution is -2.40. The highest BCUT2D eigenvalue weighted by atomic mass is 16.5. The number of hydrogen-bond donors (Lipinski definition) is 2. The highest BCUT2D eigenvalue weighted by Gasteiger charge is 2.21. The van der Waals surface area contributed by atoms with Crippen molar-refractivity contribution in [1.29, 1.82) is 0 Å². The van der Waals surface area contributed by atoms with E-state index < -0.39 is 5.60 Å². The van der Waals surface area contributed by atoms with Crippen LogP contribution in [0, 0.1) is 0 Å². The van der Waals surface area contributed by atoms with Gasteiger partial charge in [-0.15, -0.1) is 0 Å². The zero-order valence-corrected chi connectivity index (χ0v) is 10.5. The summed E-state index contributed by atoms with van der Waals surface area (Å²) in [4.78, 5) is 11.6. The van der Waals surface area contributed by atoms with E-state index in [0.717, 1.165) is 6.42 Å². The minimum atomic E-state index is -0.405. The fourth-order valence-electron chi connectivity index (χ4n) is 1.40. The van der Waals surface area contributed by atoms with Crippen molar-refractivity contribution < 1.29 is 9.53 Å². The first kappa shape index (κ1) is 14.4. The number of ether oxygens (including phenoxy) is 1. The van der Waals surface area contributed by atoms with Crippen LogP contribution in [0.3, 0.4) is 0 Å². The maximum absolute atomic E-state index is 11.6. The molecule has 0 bridgehead atoms. The molecule has 0 spiro atoms. The van der Waals surface area contributed by atoms with Gasteiger partial charge in [0.05, 0.1) is 12.0 Å². The van der Waals surface area contributed by atoms with Gasteiger partial charge < -0.3 is 15.8 Å². The van der Waals surface area contributed by atoms with E-state index in [-0.39, 0.29) is 18.0 Å². The Hall–Kier alpha value is -0.610. The summed E-state index contributed by atoms with van der Waals surface area (Å²) in [5, 5.41) is 2.90. The molecule has 0 aromatic rings. The van der Waals surface area contributed by atoms with Gasteiger partial charge in [0, 0.05) is 19.2 Å². The molecule has 90 valence electrons. The lowest BCUT2D eigenvalue weighted by atomic mass is 10.0. The molecule has 4 nitrogen and oxygen atoms in total. The van der Waals surface area contributed by atoms with Gasteiger partial charge in [-0.3, -0.25) is 4.79 Å². The minimum absolute atomic E-state index is 0.00926. The molecule has 0 saturated carbocycles. The summed E-state index contributed by atoms with van der Waals surface area (Å²) in [6.07, 6.45) is 1.16. The average molecular weight is 216 g/mol. The summed E-state index contributed by atoms with van der Waals surface area (Å²) in [5.74, 6) is 0.00926. The molecule has 15 heavy (non-hydrogen) atoms. The first-order valence-electron chi connectivity index (χ1n) is 5.37. The van der Waals surface area contributed by atoms with Gasteiger partial charge in [-0.2, -0.15) is 0 Å². The van der Waals surface area contributed by atoms with Crippen LogP contribution < -0.4 is 11.1 Å². The van der Waals surface area contributed by atoms with Crippen LogP contribution in [0.25, 0.3) is 0 Å². The van der Waals surface area contributed by atoms with E-state index >= 15 is 0 Å². The average Bonchev–Trinajstić information content (AvgIpc) is 2.00. The summed E-state index contributed by atoms with van der Waals surface area (Å²) in [6, 6.07) is 0.223. The van der Waals surface area contributed by atoms with Crippen LogP contribution in [0.2, 0.25) is 0 Å². The van der Waals surface area contributed by atoms with E-state index in [2.05, 4.69) is 5.32 Å². The molecular weight excluding hydrogens is 192 g/mol. The van der Waals surface area contributed by atoms with E-state index in [9.17, 15) is 4.79 Å². The van der Waals surface area contributed by atoms with E-state index in [1.807, 2.05) is 27.7 Å². The molecule has 0 saturated heterocycles. The van der Waals surface area contributed by atoms with Crippen LogP contribution in [0.15, 0.2) is 0 Å². The lowest BCUT2D eigenvalue weighted by molar-refractivity contribution is -0.126. The van der Waals surface area contributed by atoms with Gasteiger partial charge >= 0.3 is 0 Å². The Morgan fingerprint density at radius 1 is 1.47 bits per heavy atom. The Morgan fingerprint density at radius 2 is 2.00 bits per heavy atom. The summed E-state index contributed by atoms with van der Waals surface area (Å²) < 4.78 is 5.19.